The summed E-state index contributed by atoms with van der Waals surface area (Å²) < 4.78 is 4.94. The predicted octanol–water partition coefficient (Wildman–Crippen LogP) is 1.22. The molecule has 0 radical (unpaired) electrons. The van der Waals surface area contributed by atoms with Gasteiger partial charge in [0.05, 0.1) is 6.61 Å². The van der Waals surface area contributed by atoms with Crippen molar-refractivity contribution in [3.63, 3.8) is 0 Å². The first-order valence-electron chi connectivity index (χ1n) is 7.34. The Bertz CT molecular complexity index is 636. The Balaban J connectivity index is 2.40. The number of nitrogens with one attached hydrogen (secondary N) is 1. The summed E-state index contributed by atoms with van der Waals surface area (Å²) in [4.78, 5) is 28.5. The van der Waals surface area contributed by atoms with Crippen molar-refractivity contribution in [1.82, 2.24) is 15.4 Å². The Labute approximate surface area is 134 Å². The minimum atomic E-state index is -1.69. The number of hydrazine groups is 1. The third-order valence-corrected chi connectivity index (χ3v) is 3.65. The molecule has 2 N–H and O–H groups in total. The molecule has 1 aromatic heterocycles. The van der Waals surface area contributed by atoms with Crippen LogP contribution in [0.25, 0.3) is 0 Å². The van der Waals surface area contributed by atoms with E-state index >= 15 is 0 Å². The highest BCUT2D eigenvalue weighted by molar-refractivity contribution is 5.97. The third kappa shape index (κ3) is 3.05. The molecule has 1 unspecified atom stereocenters. The molecule has 23 heavy (non-hydrogen) atoms. The highest BCUT2D eigenvalue weighted by Gasteiger charge is 2.51. The van der Waals surface area contributed by atoms with Gasteiger partial charge in [0.15, 0.2) is 5.72 Å². The molecule has 7 heteroatoms. The van der Waals surface area contributed by atoms with Crippen molar-refractivity contribution in [3.8, 4) is 0 Å². The number of amides is 1. The predicted molar refractivity (Wildman–Crippen MR) is 82.7 cm³/mol. The van der Waals surface area contributed by atoms with Gasteiger partial charge < -0.3 is 9.84 Å². The van der Waals surface area contributed by atoms with Gasteiger partial charge in [-0.05, 0) is 19.1 Å². The number of nitrogens with zero attached hydrogens (tertiary/aromatic N) is 2. The Morgan fingerprint density at radius 2 is 1.96 bits per heavy atom. The van der Waals surface area contributed by atoms with E-state index in [1.807, 2.05) is 0 Å². The summed E-state index contributed by atoms with van der Waals surface area (Å²) in [6.45, 7) is 7.19. The van der Waals surface area contributed by atoms with Crippen LogP contribution in [0, 0.1) is 5.41 Å². The van der Waals surface area contributed by atoms with E-state index in [0.29, 0.717) is 5.56 Å². The van der Waals surface area contributed by atoms with E-state index in [9.17, 15) is 14.7 Å². The second-order valence-corrected chi connectivity index (χ2v) is 6.24. The maximum absolute atomic E-state index is 12.7. The molecule has 0 aromatic carbocycles. The van der Waals surface area contributed by atoms with Gasteiger partial charge in [0.2, 0.25) is 0 Å². The lowest BCUT2D eigenvalue weighted by Crippen LogP contribution is -2.59. The number of rotatable bonds is 3. The number of ether oxygens (including phenoxy) is 1. The minimum Gasteiger partial charge on any atom is -0.461 e. The zero-order valence-electron chi connectivity index (χ0n) is 13.7. The number of aromatic nitrogens is 1. The van der Waals surface area contributed by atoms with Gasteiger partial charge in [0.1, 0.15) is 5.70 Å². The van der Waals surface area contributed by atoms with E-state index < -0.39 is 23.0 Å². The normalized spacial score (nSPS) is 20.7. The molecular weight excluding hydrogens is 298 g/mol. The van der Waals surface area contributed by atoms with E-state index in [0.717, 1.165) is 5.01 Å². The maximum atomic E-state index is 12.7. The van der Waals surface area contributed by atoms with E-state index in [-0.39, 0.29) is 12.3 Å². The van der Waals surface area contributed by atoms with Crippen LogP contribution in [0.2, 0.25) is 0 Å². The summed E-state index contributed by atoms with van der Waals surface area (Å²) in [6, 6.07) is 3.07. The number of aliphatic hydroxyl groups is 1. The van der Waals surface area contributed by atoms with Crippen molar-refractivity contribution >= 4 is 11.9 Å². The van der Waals surface area contributed by atoms with E-state index in [4.69, 9.17) is 4.74 Å². The summed E-state index contributed by atoms with van der Waals surface area (Å²) in [7, 11) is 0. The Kier molecular flexibility index (Phi) is 4.42. The van der Waals surface area contributed by atoms with Crippen LogP contribution in [0.3, 0.4) is 0 Å². The number of hydrogen-bond acceptors (Lipinski definition) is 6. The molecule has 1 atom stereocenters. The van der Waals surface area contributed by atoms with Gasteiger partial charge in [0.25, 0.3) is 5.91 Å². The van der Waals surface area contributed by atoms with Crippen LogP contribution in [0.1, 0.15) is 38.1 Å². The summed E-state index contributed by atoms with van der Waals surface area (Å²) >= 11 is 0. The van der Waals surface area contributed by atoms with Crippen molar-refractivity contribution in [2.24, 2.45) is 5.41 Å². The van der Waals surface area contributed by atoms with Gasteiger partial charge in [-0.1, -0.05) is 20.8 Å². The maximum Gasteiger partial charge on any atom is 0.356 e. The van der Waals surface area contributed by atoms with Crippen LogP contribution in [0.15, 0.2) is 36.3 Å². The standard InChI is InChI=1S/C16H21N3O4/c1-5-23-14(21)12-10-16(22,15(2,3)4)19(18-12)13(20)11-6-8-17-9-7-11/h6-10,18,22H,5H2,1-4H3. The lowest BCUT2D eigenvalue weighted by Gasteiger charge is -2.41. The topological polar surface area (TPSA) is 91.8 Å². The zero-order chi connectivity index (χ0) is 17.3. The Morgan fingerprint density at radius 1 is 1.35 bits per heavy atom. The highest BCUT2D eigenvalue weighted by atomic mass is 16.5. The first kappa shape index (κ1) is 17.0. The van der Waals surface area contributed by atoms with Gasteiger partial charge in [-0.3, -0.25) is 15.2 Å². The number of carbonyl (C=O) groups excluding carboxylic acids is 2. The van der Waals surface area contributed by atoms with E-state index in [2.05, 4.69) is 10.4 Å². The van der Waals surface area contributed by atoms with E-state index in [1.54, 1.807) is 27.7 Å². The molecule has 0 saturated heterocycles. The number of carbonyl (C=O) groups is 2. The summed E-state index contributed by atoms with van der Waals surface area (Å²) in [5, 5.41) is 12.1. The second kappa shape index (κ2) is 6.00. The third-order valence-electron chi connectivity index (χ3n) is 3.65. The Hall–Kier alpha value is -2.41. The molecule has 0 aliphatic carbocycles. The van der Waals surface area contributed by atoms with Gasteiger partial charge in [-0.2, -0.15) is 0 Å². The largest absolute Gasteiger partial charge is 0.461 e. The van der Waals surface area contributed by atoms with Crippen molar-refractivity contribution in [2.45, 2.75) is 33.4 Å². The lowest BCUT2D eigenvalue weighted by atomic mass is 9.82. The number of pyridine rings is 1. The molecule has 1 aliphatic heterocycles. The first-order valence-corrected chi connectivity index (χ1v) is 7.34. The molecule has 2 heterocycles. The monoisotopic (exact) mass is 319 g/mol. The van der Waals surface area contributed by atoms with Crippen molar-refractivity contribution in [2.75, 3.05) is 6.61 Å². The molecule has 2 rings (SSSR count). The van der Waals surface area contributed by atoms with Crippen LogP contribution in [-0.4, -0.2) is 39.3 Å². The molecule has 1 aromatic rings. The molecule has 0 fully saturated rings. The van der Waals surface area contributed by atoms with Gasteiger partial charge in [0, 0.05) is 29.4 Å². The molecule has 124 valence electrons. The molecule has 0 spiro atoms. The van der Waals surface area contributed by atoms with E-state index in [1.165, 1.54) is 30.6 Å². The molecule has 1 amide bonds. The molecule has 0 bridgehead atoms. The Morgan fingerprint density at radius 3 is 2.48 bits per heavy atom. The SMILES string of the molecule is CCOC(=O)C1=CC(O)(C(C)(C)C)N(C(=O)c2ccncc2)N1. The average Bonchev–Trinajstić information content (AvgIpc) is 2.87. The van der Waals surface area contributed by atoms with Crippen molar-refractivity contribution in [3.05, 3.63) is 41.9 Å². The number of hydrogen-bond donors (Lipinski definition) is 2. The minimum absolute atomic E-state index is 0.0340. The quantitative estimate of drug-likeness (QED) is 0.814. The zero-order valence-corrected chi connectivity index (χ0v) is 13.7. The molecular formula is C16H21N3O4. The number of esters is 1. The fourth-order valence-electron chi connectivity index (χ4n) is 2.20. The summed E-state index contributed by atoms with van der Waals surface area (Å²) in [5.74, 6) is -1.10. The summed E-state index contributed by atoms with van der Waals surface area (Å²) in [6.07, 6.45) is 4.29. The van der Waals surface area contributed by atoms with Crippen LogP contribution in [0.5, 0.6) is 0 Å². The molecule has 7 nitrogen and oxygen atoms in total. The molecule has 1 aliphatic rings. The average molecular weight is 319 g/mol. The summed E-state index contributed by atoms with van der Waals surface area (Å²) in [5.41, 5.74) is 0.622. The van der Waals surface area contributed by atoms with Crippen LogP contribution in [-0.2, 0) is 9.53 Å². The smallest absolute Gasteiger partial charge is 0.356 e. The molecule has 0 saturated carbocycles. The second-order valence-electron chi connectivity index (χ2n) is 6.24. The van der Waals surface area contributed by atoms with Gasteiger partial charge >= 0.3 is 5.97 Å². The van der Waals surface area contributed by atoms with Gasteiger partial charge in [-0.15, -0.1) is 0 Å². The van der Waals surface area contributed by atoms with Crippen molar-refractivity contribution < 1.29 is 19.4 Å². The van der Waals surface area contributed by atoms with Crippen LogP contribution in [0.4, 0.5) is 0 Å². The van der Waals surface area contributed by atoms with Gasteiger partial charge in [-0.25, -0.2) is 9.80 Å². The fourth-order valence-corrected chi connectivity index (χ4v) is 2.20. The highest BCUT2D eigenvalue weighted by Crippen LogP contribution is 2.38. The fraction of sp³-hybridized carbons (Fsp3) is 0.438. The van der Waals surface area contributed by atoms with Crippen molar-refractivity contribution in [1.29, 1.82) is 0 Å². The lowest BCUT2D eigenvalue weighted by molar-refractivity contribution is -0.140. The van der Waals surface area contributed by atoms with Crippen LogP contribution < -0.4 is 5.43 Å². The first-order chi connectivity index (χ1) is 10.7. The van der Waals surface area contributed by atoms with Crippen LogP contribution >= 0.6 is 0 Å².